The van der Waals surface area contributed by atoms with E-state index in [-0.39, 0.29) is 5.69 Å². The zero-order valence-electron chi connectivity index (χ0n) is 10.3. The molecule has 1 saturated carbocycles. The number of nitrogens with zero attached hydrogens (tertiary/aromatic N) is 1. The standard InChI is InChI=1S/C13H19NO3/c1-8(2)9-3-5-10(6-4-9)12-7-11(13(15)16)14-17-12/h7-10H,3-6H2,1-2H3,(H,15,16). The lowest BCUT2D eigenvalue weighted by Crippen LogP contribution is -2.17. The number of aromatic carboxylic acids is 1. The average Bonchev–Trinajstić information content (AvgIpc) is 2.78. The lowest BCUT2D eigenvalue weighted by Gasteiger charge is -2.29. The molecule has 1 aliphatic rings. The van der Waals surface area contributed by atoms with Crippen molar-refractivity contribution in [2.24, 2.45) is 11.8 Å². The Labute approximate surface area is 101 Å². The van der Waals surface area contributed by atoms with E-state index in [1.165, 1.54) is 12.8 Å². The Balaban J connectivity index is 1.98. The molecule has 4 nitrogen and oxygen atoms in total. The fourth-order valence-corrected chi connectivity index (χ4v) is 2.65. The SMILES string of the molecule is CC(C)C1CCC(c2cc(C(=O)O)no2)CC1. The van der Waals surface area contributed by atoms with Crippen LogP contribution in [0.1, 0.15) is 61.7 Å². The Hall–Kier alpha value is -1.32. The van der Waals surface area contributed by atoms with Crippen LogP contribution in [0.3, 0.4) is 0 Å². The predicted octanol–water partition coefficient (Wildman–Crippen LogP) is 3.30. The molecule has 1 aromatic heterocycles. The third-order valence-electron chi connectivity index (χ3n) is 3.86. The maximum Gasteiger partial charge on any atom is 0.358 e. The van der Waals surface area contributed by atoms with Gasteiger partial charge in [-0.1, -0.05) is 19.0 Å². The monoisotopic (exact) mass is 237 g/mol. The van der Waals surface area contributed by atoms with Crippen LogP contribution in [0.4, 0.5) is 0 Å². The maximum atomic E-state index is 10.7. The van der Waals surface area contributed by atoms with Crippen LogP contribution in [-0.4, -0.2) is 16.2 Å². The fourth-order valence-electron chi connectivity index (χ4n) is 2.65. The van der Waals surface area contributed by atoms with Gasteiger partial charge in [0.2, 0.25) is 0 Å². The molecule has 0 amide bonds. The van der Waals surface area contributed by atoms with Crippen LogP contribution in [-0.2, 0) is 0 Å². The molecule has 0 saturated heterocycles. The normalized spacial score (nSPS) is 25.1. The van der Waals surface area contributed by atoms with Crippen LogP contribution in [0.2, 0.25) is 0 Å². The van der Waals surface area contributed by atoms with Crippen molar-refractivity contribution in [1.29, 1.82) is 0 Å². The molecule has 0 bridgehead atoms. The quantitative estimate of drug-likeness (QED) is 0.876. The van der Waals surface area contributed by atoms with Crippen molar-refractivity contribution in [3.8, 4) is 0 Å². The van der Waals surface area contributed by atoms with Gasteiger partial charge in [-0.2, -0.15) is 0 Å². The highest BCUT2D eigenvalue weighted by molar-refractivity contribution is 5.85. The number of hydrogen-bond acceptors (Lipinski definition) is 3. The van der Waals surface area contributed by atoms with Crippen LogP contribution in [0.15, 0.2) is 10.6 Å². The van der Waals surface area contributed by atoms with E-state index in [9.17, 15) is 4.79 Å². The van der Waals surface area contributed by atoms with E-state index in [0.717, 1.165) is 30.4 Å². The molecule has 2 rings (SSSR count). The molecule has 1 fully saturated rings. The van der Waals surface area contributed by atoms with E-state index in [0.29, 0.717) is 5.92 Å². The van der Waals surface area contributed by atoms with Crippen LogP contribution in [0.25, 0.3) is 0 Å². The number of carbonyl (C=O) groups is 1. The number of aromatic nitrogens is 1. The van der Waals surface area contributed by atoms with E-state index in [1.807, 2.05) is 0 Å². The van der Waals surface area contributed by atoms with Crippen molar-refractivity contribution in [3.63, 3.8) is 0 Å². The Morgan fingerprint density at radius 3 is 2.53 bits per heavy atom. The smallest absolute Gasteiger partial charge is 0.358 e. The van der Waals surface area contributed by atoms with Gasteiger partial charge >= 0.3 is 5.97 Å². The second-order valence-electron chi connectivity index (χ2n) is 5.28. The van der Waals surface area contributed by atoms with Gasteiger partial charge in [-0.15, -0.1) is 0 Å². The number of carboxylic acid groups (broad SMARTS) is 1. The van der Waals surface area contributed by atoms with Gasteiger partial charge < -0.3 is 9.63 Å². The highest BCUT2D eigenvalue weighted by Crippen LogP contribution is 2.38. The topological polar surface area (TPSA) is 63.3 Å². The Kier molecular flexibility index (Phi) is 3.50. The van der Waals surface area contributed by atoms with Gasteiger partial charge in [0.15, 0.2) is 5.69 Å². The van der Waals surface area contributed by atoms with Crippen molar-refractivity contribution in [1.82, 2.24) is 5.16 Å². The summed E-state index contributed by atoms with van der Waals surface area (Å²) >= 11 is 0. The second-order valence-corrected chi connectivity index (χ2v) is 5.28. The molecule has 94 valence electrons. The summed E-state index contributed by atoms with van der Waals surface area (Å²) in [6.45, 7) is 4.53. The molecule has 0 aromatic carbocycles. The zero-order chi connectivity index (χ0) is 12.4. The molecule has 17 heavy (non-hydrogen) atoms. The summed E-state index contributed by atoms with van der Waals surface area (Å²) in [5.74, 6) is 1.61. The van der Waals surface area contributed by atoms with Crippen molar-refractivity contribution in [3.05, 3.63) is 17.5 Å². The summed E-state index contributed by atoms with van der Waals surface area (Å²) in [4.78, 5) is 10.7. The van der Waals surface area contributed by atoms with E-state index in [4.69, 9.17) is 9.63 Å². The molecule has 1 N–H and O–H groups in total. The summed E-state index contributed by atoms with van der Waals surface area (Å²) in [6.07, 6.45) is 4.56. The molecule has 0 atom stereocenters. The van der Waals surface area contributed by atoms with Crippen molar-refractivity contribution >= 4 is 5.97 Å². The molecular weight excluding hydrogens is 218 g/mol. The summed E-state index contributed by atoms with van der Waals surface area (Å²) in [7, 11) is 0. The van der Waals surface area contributed by atoms with Gasteiger partial charge in [0, 0.05) is 12.0 Å². The molecule has 0 spiro atoms. The Bertz CT molecular complexity index is 389. The van der Waals surface area contributed by atoms with Crippen molar-refractivity contribution < 1.29 is 14.4 Å². The van der Waals surface area contributed by atoms with Crippen LogP contribution >= 0.6 is 0 Å². The Morgan fingerprint density at radius 1 is 1.41 bits per heavy atom. The third kappa shape index (κ3) is 2.68. The summed E-state index contributed by atoms with van der Waals surface area (Å²) in [6, 6.07) is 1.57. The highest BCUT2D eigenvalue weighted by atomic mass is 16.5. The van der Waals surface area contributed by atoms with Gasteiger partial charge in [-0.05, 0) is 37.5 Å². The first-order valence-electron chi connectivity index (χ1n) is 6.28. The first-order chi connectivity index (χ1) is 8.08. The average molecular weight is 237 g/mol. The molecule has 0 aliphatic heterocycles. The molecule has 1 aliphatic carbocycles. The molecular formula is C13H19NO3. The summed E-state index contributed by atoms with van der Waals surface area (Å²) in [5, 5.41) is 12.4. The Morgan fingerprint density at radius 2 is 2.06 bits per heavy atom. The van der Waals surface area contributed by atoms with E-state index < -0.39 is 5.97 Å². The highest BCUT2D eigenvalue weighted by Gasteiger charge is 2.27. The summed E-state index contributed by atoms with van der Waals surface area (Å²) in [5.41, 5.74) is 0.0194. The largest absolute Gasteiger partial charge is 0.476 e. The van der Waals surface area contributed by atoms with Crippen LogP contribution in [0, 0.1) is 11.8 Å². The molecule has 1 heterocycles. The number of rotatable bonds is 3. The van der Waals surface area contributed by atoms with Crippen molar-refractivity contribution in [2.75, 3.05) is 0 Å². The number of hydrogen-bond donors (Lipinski definition) is 1. The minimum absolute atomic E-state index is 0.0194. The second kappa shape index (κ2) is 4.90. The zero-order valence-corrected chi connectivity index (χ0v) is 10.3. The lowest BCUT2D eigenvalue weighted by molar-refractivity contribution is 0.0685. The fraction of sp³-hybridized carbons (Fsp3) is 0.692. The minimum Gasteiger partial charge on any atom is -0.476 e. The molecule has 0 unspecified atom stereocenters. The van der Waals surface area contributed by atoms with Crippen LogP contribution < -0.4 is 0 Å². The van der Waals surface area contributed by atoms with Gasteiger partial charge in [0.25, 0.3) is 0 Å². The van der Waals surface area contributed by atoms with Gasteiger partial charge in [0.05, 0.1) is 0 Å². The van der Waals surface area contributed by atoms with E-state index in [2.05, 4.69) is 19.0 Å². The third-order valence-corrected chi connectivity index (χ3v) is 3.86. The van der Waals surface area contributed by atoms with Crippen molar-refractivity contribution in [2.45, 2.75) is 45.4 Å². The molecule has 0 radical (unpaired) electrons. The van der Waals surface area contributed by atoms with E-state index in [1.54, 1.807) is 6.07 Å². The van der Waals surface area contributed by atoms with Gasteiger partial charge in [0.1, 0.15) is 5.76 Å². The first kappa shape index (κ1) is 12.1. The van der Waals surface area contributed by atoms with E-state index >= 15 is 0 Å². The number of carboxylic acids is 1. The first-order valence-corrected chi connectivity index (χ1v) is 6.28. The molecule has 1 aromatic rings. The van der Waals surface area contributed by atoms with Gasteiger partial charge in [-0.3, -0.25) is 0 Å². The maximum absolute atomic E-state index is 10.7. The van der Waals surface area contributed by atoms with Crippen LogP contribution in [0.5, 0.6) is 0 Å². The van der Waals surface area contributed by atoms with Gasteiger partial charge in [-0.25, -0.2) is 4.79 Å². The lowest BCUT2D eigenvalue weighted by atomic mass is 9.76. The summed E-state index contributed by atoms with van der Waals surface area (Å²) < 4.78 is 5.13. The molecule has 4 heteroatoms. The predicted molar refractivity (Wildman–Crippen MR) is 63.0 cm³/mol. The minimum atomic E-state index is -1.02.